The summed E-state index contributed by atoms with van der Waals surface area (Å²) < 4.78 is 0. The zero-order valence-electron chi connectivity index (χ0n) is 13.8. The first-order valence-electron chi connectivity index (χ1n) is 7.91. The minimum atomic E-state index is 0.364. The van der Waals surface area contributed by atoms with Gasteiger partial charge in [-0.3, -0.25) is 0 Å². The molecule has 2 heteroatoms. The lowest BCUT2D eigenvalue weighted by Gasteiger charge is -2.36. The number of nitrogens with one attached hydrogen (secondary N) is 1. The number of anilines is 1. The number of aryl methyl sites for hydroxylation is 2. The van der Waals surface area contributed by atoms with Gasteiger partial charge in [-0.05, 0) is 55.4 Å². The van der Waals surface area contributed by atoms with Crippen LogP contribution in [0.25, 0.3) is 0 Å². The number of piperidine rings is 1. The van der Waals surface area contributed by atoms with Crippen LogP contribution in [0.1, 0.15) is 44.7 Å². The Morgan fingerprint density at radius 3 is 2.60 bits per heavy atom. The van der Waals surface area contributed by atoms with E-state index in [1.54, 1.807) is 0 Å². The predicted octanol–water partition coefficient (Wildman–Crippen LogP) is 3.91. The molecule has 1 atom stereocenters. The van der Waals surface area contributed by atoms with E-state index in [0.29, 0.717) is 11.5 Å². The Balaban J connectivity index is 1.97. The Morgan fingerprint density at radius 1 is 1.20 bits per heavy atom. The minimum absolute atomic E-state index is 0.364. The van der Waals surface area contributed by atoms with Crippen molar-refractivity contribution in [1.29, 1.82) is 0 Å². The SMILES string of the molecule is Cc1ccc(N2CCCC(NCC(C)(C)C)C2)cc1C. The van der Waals surface area contributed by atoms with Gasteiger partial charge in [0.2, 0.25) is 0 Å². The van der Waals surface area contributed by atoms with Gasteiger partial charge in [0.05, 0.1) is 0 Å². The van der Waals surface area contributed by atoms with Crippen LogP contribution in [0.2, 0.25) is 0 Å². The third-order valence-corrected chi connectivity index (χ3v) is 4.20. The van der Waals surface area contributed by atoms with Crippen molar-refractivity contribution >= 4 is 5.69 Å². The number of hydrogen-bond donors (Lipinski definition) is 1. The highest BCUT2D eigenvalue weighted by Gasteiger charge is 2.21. The number of benzene rings is 1. The van der Waals surface area contributed by atoms with Crippen LogP contribution in [0.5, 0.6) is 0 Å². The van der Waals surface area contributed by atoms with Crippen molar-refractivity contribution in [2.45, 2.75) is 53.5 Å². The van der Waals surface area contributed by atoms with E-state index in [4.69, 9.17) is 0 Å². The van der Waals surface area contributed by atoms with E-state index in [9.17, 15) is 0 Å². The van der Waals surface area contributed by atoms with Gasteiger partial charge in [-0.2, -0.15) is 0 Å². The largest absolute Gasteiger partial charge is 0.370 e. The van der Waals surface area contributed by atoms with Crippen molar-refractivity contribution in [3.05, 3.63) is 29.3 Å². The second kappa shape index (κ2) is 6.17. The van der Waals surface area contributed by atoms with Gasteiger partial charge in [0.1, 0.15) is 0 Å². The minimum Gasteiger partial charge on any atom is -0.370 e. The van der Waals surface area contributed by atoms with Crippen LogP contribution in [0.15, 0.2) is 18.2 Å². The molecule has 0 spiro atoms. The Morgan fingerprint density at radius 2 is 1.95 bits per heavy atom. The first-order chi connectivity index (χ1) is 9.35. The van der Waals surface area contributed by atoms with E-state index in [2.05, 4.69) is 63.0 Å². The summed E-state index contributed by atoms with van der Waals surface area (Å²) in [6.45, 7) is 14.7. The van der Waals surface area contributed by atoms with E-state index in [1.165, 1.54) is 36.2 Å². The van der Waals surface area contributed by atoms with Crippen LogP contribution >= 0.6 is 0 Å². The Bertz CT molecular complexity index is 445. The zero-order valence-corrected chi connectivity index (χ0v) is 13.8. The molecule has 1 aromatic carbocycles. The van der Waals surface area contributed by atoms with Crippen molar-refractivity contribution < 1.29 is 0 Å². The van der Waals surface area contributed by atoms with Gasteiger partial charge < -0.3 is 10.2 Å². The molecule has 1 aliphatic rings. The molecule has 1 unspecified atom stereocenters. The van der Waals surface area contributed by atoms with Gasteiger partial charge >= 0.3 is 0 Å². The van der Waals surface area contributed by atoms with Crippen molar-refractivity contribution in [3.8, 4) is 0 Å². The lowest BCUT2D eigenvalue weighted by Crippen LogP contribution is -2.47. The summed E-state index contributed by atoms with van der Waals surface area (Å²) >= 11 is 0. The summed E-state index contributed by atoms with van der Waals surface area (Å²) in [7, 11) is 0. The van der Waals surface area contributed by atoms with E-state index >= 15 is 0 Å². The first kappa shape index (κ1) is 15.4. The lowest BCUT2D eigenvalue weighted by atomic mass is 9.95. The molecule has 0 saturated carbocycles. The van der Waals surface area contributed by atoms with Crippen LogP contribution < -0.4 is 10.2 Å². The average molecular weight is 274 g/mol. The van der Waals surface area contributed by atoms with Crippen LogP contribution in [0, 0.1) is 19.3 Å². The quantitative estimate of drug-likeness (QED) is 0.899. The molecule has 1 heterocycles. The molecule has 1 fully saturated rings. The van der Waals surface area contributed by atoms with E-state index in [-0.39, 0.29) is 0 Å². The zero-order chi connectivity index (χ0) is 14.8. The molecule has 1 saturated heterocycles. The second-order valence-corrected chi connectivity index (χ2v) is 7.50. The summed E-state index contributed by atoms with van der Waals surface area (Å²) in [4.78, 5) is 2.54. The van der Waals surface area contributed by atoms with Gasteiger partial charge in [-0.1, -0.05) is 26.8 Å². The molecular formula is C18H30N2. The van der Waals surface area contributed by atoms with Crippen molar-refractivity contribution in [2.24, 2.45) is 5.41 Å². The molecule has 112 valence electrons. The van der Waals surface area contributed by atoms with Crippen LogP contribution in [-0.4, -0.2) is 25.7 Å². The van der Waals surface area contributed by atoms with Gasteiger partial charge in [0.25, 0.3) is 0 Å². The Labute approximate surface area is 124 Å². The third-order valence-electron chi connectivity index (χ3n) is 4.20. The fraction of sp³-hybridized carbons (Fsp3) is 0.667. The maximum Gasteiger partial charge on any atom is 0.0369 e. The Hall–Kier alpha value is -1.02. The van der Waals surface area contributed by atoms with Crippen molar-refractivity contribution in [3.63, 3.8) is 0 Å². The summed E-state index contributed by atoms with van der Waals surface area (Å²) in [6, 6.07) is 7.48. The molecule has 20 heavy (non-hydrogen) atoms. The highest BCUT2D eigenvalue weighted by atomic mass is 15.2. The highest BCUT2D eigenvalue weighted by molar-refractivity contribution is 5.51. The molecule has 0 aromatic heterocycles. The fourth-order valence-corrected chi connectivity index (χ4v) is 2.75. The molecule has 0 aliphatic carbocycles. The summed E-state index contributed by atoms with van der Waals surface area (Å²) in [6.07, 6.45) is 2.59. The fourth-order valence-electron chi connectivity index (χ4n) is 2.75. The van der Waals surface area contributed by atoms with Crippen LogP contribution in [0.3, 0.4) is 0 Å². The summed E-state index contributed by atoms with van der Waals surface area (Å²) in [5.74, 6) is 0. The molecule has 1 aliphatic heterocycles. The van der Waals surface area contributed by atoms with E-state index < -0.39 is 0 Å². The molecule has 2 rings (SSSR count). The van der Waals surface area contributed by atoms with Crippen LogP contribution in [0.4, 0.5) is 5.69 Å². The summed E-state index contributed by atoms with van der Waals surface area (Å²) in [5, 5.41) is 3.75. The summed E-state index contributed by atoms with van der Waals surface area (Å²) in [5.41, 5.74) is 4.53. The smallest absolute Gasteiger partial charge is 0.0369 e. The van der Waals surface area contributed by atoms with E-state index in [1.807, 2.05) is 0 Å². The van der Waals surface area contributed by atoms with Gasteiger partial charge in [0, 0.05) is 31.4 Å². The number of hydrogen-bond acceptors (Lipinski definition) is 2. The van der Waals surface area contributed by atoms with E-state index in [0.717, 1.165) is 13.1 Å². The van der Waals surface area contributed by atoms with Gasteiger partial charge in [-0.15, -0.1) is 0 Å². The van der Waals surface area contributed by atoms with Crippen molar-refractivity contribution in [2.75, 3.05) is 24.5 Å². The predicted molar refractivity (Wildman–Crippen MR) is 88.6 cm³/mol. The van der Waals surface area contributed by atoms with Gasteiger partial charge in [-0.25, -0.2) is 0 Å². The molecule has 1 aromatic rings. The molecule has 0 bridgehead atoms. The third kappa shape index (κ3) is 4.24. The topological polar surface area (TPSA) is 15.3 Å². The molecule has 1 N–H and O–H groups in total. The lowest BCUT2D eigenvalue weighted by molar-refractivity contribution is 0.328. The monoisotopic (exact) mass is 274 g/mol. The molecule has 0 radical (unpaired) electrons. The molecule has 0 amide bonds. The number of nitrogens with zero attached hydrogens (tertiary/aromatic N) is 1. The first-order valence-corrected chi connectivity index (χ1v) is 7.91. The van der Waals surface area contributed by atoms with Gasteiger partial charge in [0.15, 0.2) is 0 Å². The molecule has 2 nitrogen and oxygen atoms in total. The number of rotatable bonds is 3. The van der Waals surface area contributed by atoms with Crippen molar-refractivity contribution in [1.82, 2.24) is 5.32 Å². The Kier molecular flexibility index (Phi) is 4.74. The normalized spacial score (nSPS) is 20.2. The highest BCUT2D eigenvalue weighted by Crippen LogP contribution is 2.23. The maximum absolute atomic E-state index is 3.75. The average Bonchev–Trinajstić information content (AvgIpc) is 2.39. The molecular weight excluding hydrogens is 244 g/mol. The van der Waals surface area contributed by atoms with Crippen LogP contribution in [-0.2, 0) is 0 Å². The second-order valence-electron chi connectivity index (χ2n) is 7.50. The standard InChI is InChI=1S/C18H30N2/c1-14-8-9-17(11-15(14)2)20-10-6-7-16(12-20)19-13-18(3,4)5/h8-9,11,16,19H,6-7,10,12-13H2,1-5H3. The maximum atomic E-state index is 3.75.